The SMILES string of the molecule is CCOC(=O)N(C(N)=S)c1ccccc1N(C(=O)OCC)C(N)=S. The lowest BCUT2D eigenvalue weighted by molar-refractivity contribution is 0.161. The molecule has 0 aliphatic heterocycles. The predicted molar refractivity (Wildman–Crippen MR) is 99.0 cm³/mol. The number of carbonyl (C=O) groups excluding carboxylic acids is 2. The van der Waals surface area contributed by atoms with Gasteiger partial charge >= 0.3 is 12.2 Å². The summed E-state index contributed by atoms with van der Waals surface area (Å²) in [6.45, 7) is 3.52. The van der Waals surface area contributed by atoms with Gasteiger partial charge in [-0.05, 0) is 50.4 Å². The third-order valence-corrected chi connectivity index (χ3v) is 3.07. The topological polar surface area (TPSA) is 111 Å². The van der Waals surface area contributed by atoms with Crippen molar-refractivity contribution >= 4 is 58.2 Å². The van der Waals surface area contributed by atoms with Gasteiger partial charge in [0.1, 0.15) is 0 Å². The van der Waals surface area contributed by atoms with Crippen molar-refractivity contribution in [1.29, 1.82) is 0 Å². The maximum absolute atomic E-state index is 12.2. The number of benzene rings is 1. The molecule has 0 aliphatic rings. The Labute approximate surface area is 150 Å². The van der Waals surface area contributed by atoms with E-state index in [2.05, 4.69) is 0 Å². The zero-order valence-electron chi connectivity index (χ0n) is 13.2. The molecule has 0 aromatic heterocycles. The van der Waals surface area contributed by atoms with E-state index in [0.29, 0.717) is 0 Å². The predicted octanol–water partition coefficient (Wildman–Crippen LogP) is 2.10. The van der Waals surface area contributed by atoms with Gasteiger partial charge in [-0.3, -0.25) is 0 Å². The summed E-state index contributed by atoms with van der Waals surface area (Å²) in [5.41, 5.74) is 11.6. The summed E-state index contributed by atoms with van der Waals surface area (Å²) >= 11 is 9.84. The first kappa shape index (κ1) is 19.6. The lowest BCUT2D eigenvalue weighted by Crippen LogP contribution is -2.45. The molecule has 0 unspecified atom stereocenters. The van der Waals surface area contributed by atoms with E-state index >= 15 is 0 Å². The van der Waals surface area contributed by atoms with E-state index in [4.69, 9.17) is 45.4 Å². The zero-order valence-corrected chi connectivity index (χ0v) is 14.9. The molecule has 10 heteroatoms. The lowest BCUT2D eigenvalue weighted by Gasteiger charge is -2.27. The van der Waals surface area contributed by atoms with E-state index in [9.17, 15) is 9.59 Å². The van der Waals surface area contributed by atoms with Gasteiger partial charge in [0.2, 0.25) is 0 Å². The Balaban J connectivity index is 3.45. The van der Waals surface area contributed by atoms with Crippen LogP contribution in [-0.4, -0.2) is 35.6 Å². The molecular formula is C14H18N4O4S2. The van der Waals surface area contributed by atoms with Crippen molar-refractivity contribution in [3.63, 3.8) is 0 Å². The largest absolute Gasteiger partial charge is 0.449 e. The number of rotatable bonds is 4. The first-order valence-corrected chi connectivity index (χ1v) is 7.78. The van der Waals surface area contributed by atoms with E-state index < -0.39 is 12.2 Å². The molecule has 0 aliphatic carbocycles. The van der Waals surface area contributed by atoms with Crippen LogP contribution in [0.2, 0.25) is 0 Å². The molecule has 1 rings (SSSR count). The summed E-state index contributed by atoms with van der Waals surface area (Å²) in [6.07, 6.45) is -1.58. The van der Waals surface area contributed by atoms with Gasteiger partial charge in [-0.25, -0.2) is 19.4 Å². The minimum absolute atomic E-state index is 0.122. The van der Waals surface area contributed by atoms with Gasteiger partial charge < -0.3 is 20.9 Å². The fourth-order valence-corrected chi connectivity index (χ4v) is 2.18. The highest BCUT2D eigenvalue weighted by molar-refractivity contribution is 7.80. The monoisotopic (exact) mass is 370 g/mol. The fourth-order valence-electron chi connectivity index (χ4n) is 1.83. The van der Waals surface area contributed by atoms with Gasteiger partial charge in [-0.15, -0.1) is 0 Å². The van der Waals surface area contributed by atoms with Crippen LogP contribution in [0.4, 0.5) is 21.0 Å². The molecule has 0 bridgehead atoms. The van der Waals surface area contributed by atoms with Gasteiger partial charge in [0.05, 0.1) is 24.6 Å². The molecule has 0 spiro atoms. The molecule has 0 atom stereocenters. The second-order valence-electron chi connectivity index (χ2n) is 4.23. The van der Waals surface area contributed by atoms with Crippen LogP contribution >= 0.6 is 24.4 Å². The Morgan fingerprint density at radius 3 is 1.50 bits per heavy atom. The van der Waals surface area contributed by atoms with Crippen molar-refractivity contribution in [2.24, 2.45) is 11.5 Å². The fraction of sp³-hybridized carbons (Fsp3) is 0.286. The zero-order chi connectivity index (χ0) is 18.3. The maximum Gasteiger partial charge on any atom is 0.420 e. The maximum atomic E-state index is 12.2. The molecule has 1 aromatic rings. The van der Waals surface area contributed by atoms with Crippen molar-refractivity contribution in [2.45, 2.75) is 13.8 Å². The quantitative estimate of drug-likeness (QED) is 0.775. The van der Waals surface area contributed by atoms with Gasteiger partial charge in [-0.2, -0.15) is 0 Å². The van der Waals surface area contributed by atoms with E-state index in [1.54, 1.807) is 26.0 Å². The summed E-state index contributed by atoms with van der Waals surface area (Å²) in [5, 5.41) is -0.514. The highest BCUT2D eigenvalue weighted by Gasteiger charge is 2.29. The molecule has 24 heavy (non-hydrogen) atoms. The Morgan fingerprint density at radius 2 is 1.25 bits per heavy atom. The molecule has 130 valence electrons. The molecule has 0 saturated heterocycles. The average molecular weight is 370 g/mol. The number of anilines is 2. The van der Waals surface area contributed by atoms with Crippen LogP contribution in [0, 0.1) is 0 Å². The van der Waals surface area contributed by atoms with Crippen molar-refractivity contribution in [3.05, 3.63) is 24.3 Å². The number of carbonyl (C=O) groups is 2. The first-order valence-electron chi connectivity index (χ1n) is 6.96. The molecule has 8 nitrogen and oxygen atoms in total. The van der Waals surface area contributed by atoms with Crippen molar-refractivity contribution in [1.82, 2.24) is 0 Å². The van der Waals surface area contributed by atoms with Crippen LogP contribution < -0.4 is 21.3 Å². The van der Waals surface area contributed by atoms with Crippen LogP contribution in [0.5, 0.6) is 0 Å². The van der Waals surface area contributed by atoms with Gasteiger partial charge in [-0.1, -0.05) is 12.1 Å². The summed E-state index contributed by atoms with van der Waals surface area (Å²) in [6, 6.07) is 6.31. The Kier molecular flexibility index (Phi) is 7.33. The van der Waals surface area contributed by atoms with Crippen LogP contribution in [-0.2, 0) is 9.47 Å². The van der Waals surface area contributed by atoms with E-state index in [1.165, 1.54) is 12.1 Å². The summed E-state index contributed by atoms with van der Waals surface area (Å²) in [7, 11) is 0. The van der Waals surface area contributed by atoms with E-state index in [1.807, 2.05) is 0 Å². The van der Waals surface area contributed by atoms with Crippen LogP contribution in [0.1, 0.15) is 13.8 Å². The Morgan fingerprint density at radius 1 is 0.917 bits per heavy atom. The number of hydrogen-bond acceptors (Lipinski definition) is 6. The number of ether oxygens (including phenoxy) is 2. The third kappa shape index (κ3) is 4.52. The Hall–Kier alpha value is -2.46. The van der Waals surface area contributed by atoms with Gasteiger partial charge in [0, 0.05) is 0 Å². The third-order valence-electron chi connectivity index (χ3n) is 2.71. The number of amides is 2. The molecule has 0 radical (unpaired) electrons. The summed E-state index contributed by atoms with van der Waals surface area (Å²) in [5.74, 6) is 0. The molecule has 0 heterocycles. The van der Waals surface area contributed by atoms with Gasteiger partial charge in [0.15, 0.2) is 10.2 Å². The van der Waals surface area contributed by atoms with Crippen molar-refractivity contribution in [2.75, 3.05) is 23.0 Å². The number of nitrogens with zero attached hydrogens (tertiary/aromatic N) is 2. The average Bonchev–Trinajstić information content (AvgIpc) is 2.49. The minimum atomic E-state index is -0.788. The molecule has 1 aromatic carbocycles. The number of nitrogens with two attached hydrogens (primary N) is 2. The second kappa shape index (κ2) is 8.99. The van der Waals surface area contributed by atoms with Crippen molar-refractivity contribution in [3.8, 4) is 0 Å². The summed E-state index contributed by atoms with van der Waals surface area (Å²) in [4.78, 5) is 26.2. The Bertz CT molecular complexity index is 598. The number of thiocarbonyl (C=S) groups is 2. The summed E-state index contributed by atoms with van der Waals surface area (Å²) < 4.78 is 9.89. The van der Waals surface area contributed by atoms with Crippen LogP contribution in [0.3, 0.4) is 0 Å². The normalized spacial score (nSPS) is 9.75. The minimum Gasteiger partial charge on any atom is -0.449 e. The highest BCUT2D eigenvalue weighted by Crippen LogP contribution is 2.30. The molecule has 0 fully saturated rings. The van der Waals surface area contributed by atoms with Crippen molar-refractivity contribution < 1.29 is 19.1 Å². The molecule has 4 N–H and O–H groups in total. The lowest BCUT2D eigenvalue weighted by atomic mass is 10.2. The van der Waals surface area contributed by atoms with Gasteiger partial charge in [0.25, 0.3) is 0 Å². The molecule has 0 saturated carbocycles. The smallest absolute Gasteiger partial charge is 0.420 e. The first-order chi connectivity index (χ1) is 11.3. The van der Waals surface area contributed by atoms with E-state index in [0.717, 1.165) is 9.80 Å². The number of hydrogen-bond donors (Lipinski definition) is 2. The molecular weight excluding hydrogens is 352 g/mol. The standard InChI is InChI=1S/C14H18N4O4S2/c1-3-21-13(19)17(11(15)23)9-7-5-6-8-10(9)18(12(16)24)14(20)22-4-2/h5-8H,3-4H2,1-2H3,(H2,15,23)(H2,16,24). The number of para-hydroxylation sites is 2. The van der Waals surface area contributed by atoms with Crippen LogP contribution in [0.25, 0.3) is 0 Å². The second-order valence-corrected chi connectivity index (χ2v) is 5.07. The molecule has 2 amide bonds. The van der Waals surface area contributed by atoms with E-state index in [-0.39, 0.29) is 34.8 Å². The highest BCUT2D eigenvalue weighted by atomic mass is 32.1. The van der Waals surface area contributed by atoms with Crippen LogP contribution in [0.15, 0.2) is 24.3 Å².